The maximum absolute atomic E-state index is 12.6. The number of hydrogen-bond acceptors (Lipinski definition) is 3. The van der Waals surface area contributed by atoms with Crippen molar-refractivity contribution in [3.63, 3.8) is 0 Å². The Labute approximate surface area is 128 Å². The number of nitriles is 1. The van der Waals surface area contributed by atoms with Crippen LogP contribution in [0.2, 0.25) is 5.02 Å². The molecule has 3 atom stereocenters. The molecule has 3 nitrogen and oxygen atoms in total. The Bertz CT molecular complexity index is 794. The standard InChI is InChI=1S/C16H12ClNO2S/c17-12-8-6-11(7-9-12)15-14(10-18)16(15)21(19,20)13-4-2-1-3-5-13/h1-9,14-16H/t14-,15-,16+/m0/s1. The highest BCUT2D eigenvalue weighted by atomic mass is 35.5. The lowest BCUT2D eigenvalue weighted by Crippen LogP contribution is -2.10. The fraction of sp³-hybridized carbons (Fsp3) is 0.188. The Morgan fingerprint density at radius 1 is 1.00 bits per heavy atom. The predicted octanol–water partition coefficient (Wildman–Crippen LogP) is 3.42. The largest absolute Gasteiger partial charge is 0.223 e. The van der Waals surface area contributed by atoms with Gasteiger partial charge in [0.1, 0.15) is 0 Å². The lowest BCUT2D eigenvalue weighted by molar-refractivity contribution is 0.593. The van der Waals surface area contributed by atoms with Crippen molar-refractivity contribution in [3.05, 3.63) is 65.2 Å². The predicted molar refractivity (Wildman–Crippen MR) is 80.7 cm³/mol. The van der Waals surface area contributed by atoms with E-state index in [1.807, 2.05) is 0 Å². The minimum Gasteiger partial charge on any atom is -0.223 e. The molecule has 106 valence electrons. The lowest BCUT2D eigenvalue weighted by atomic mass is 10.1. The van der Waals surface area contributed by atoms with Gasteiger partial charge in [-0.3, -0.25) is 0 Å². The molecule has 0 bridgehead atoms. The normalized spacial score (nSPS) is 24.3. The van der Waals surface area contributed by atoms with Gasteiger partial charge in [-0.15, -0.1) is 0 Å². The summed E-state index contributed by atoms with van der Waals surface area (Å²) in [5.41, 5.74) is 0.843. The highest BCUT2D eigenvalue weighted by Crippen LogP contribution is 2.53. The monoisotopic (exact) mass is 317 g/mol. The first-order chi connectivity index (χ1) is 10.1. The summed E-state index contributed by atoms with van der Waals surface area (Å²) < 4.78 is 25.3. The Morgan fingerprint density at radius 3 is 2.19 bits per heavy atom. The zero-order valence-corrected chi connectivity index (χ0v) is 12.6. The molecule has 5 heteroatoms. The van der Waals surface area contributed by atoms with Crippen molar-refractivity contribution in [2.24, 2.45) is 5.92 Å². The van der Waals surface area contributed by atoms with E-state index < -0.39 is 21.0 Å². The van der Waals surface area contributed by atoms with E-state index in [4.69, 9.17) is 11.6 Å². The maximum atomic E-state index is 12.6. The molecular weight excluding hydrogens is 306 g/mol. The fourth-order valence-corrected chi connectivity index (χ4v) is 4.89. The van der Waals surface area contributed by atoms with Gasteiger partial charge in [0.25, 0.3) is 0 Å². The van der Waals surface area contributed by atoms with Crippen LogP contribution in [0.5, 0.6) is 0 Å². The molecule has 1 fully saturated rings. The highest BCUT2D eigenvalue weighted by Gasteiger charge is 2.59. The molecule has 2 aromatic rings. The third kappa shape index (κ3) is 2.44. The van der Waals surface area contributed by atoms with E-state index in [-0.39, 0.29) is 10.8 Å². The SMILES string of the molecule is N#C[C@H]1[C@H](c2ccc(Cl)cc2)[C@@H]1S(=O)(=O)c1ccccc1. The summed E-state index contributed by atoms with van der Waals surface area (Å²) in [7, 11) is -3.49. The van der Waals surface area contributed by atoms with Gasteiger partial charge >= 0.3 is 0 Å². The summed E-state index contributed by atoms with van der Waals surface area (Å²) >= 11 is 5.85. The number of nitrogens with zero attached hydrogens (tertiary/aromatic N) is 1. The molecule has 0 aromatic heterocycles. The van der Waals surface area contributed by atoms with Crippen molar-refractivity contribution in [3.8, 4) is 6.07 Å². The Hall–Kier alpha value is -1.83. The maximum Gasteiger partial charge on any atom is 0.183 e. The molecule has 0 amide bonds. The lowest BCUT2D eigenvalue weighted by Gasteiger charge is -2.03. The molecule has 1 aliphatic rings. The summed E-state index contributed by atoms with van der Waals surface area (Å²) in [6, 6.07) is 17.4. The Kier molecular flexibility index (Phi) is 3.48. The fourth-order valence-electron chi connectivity index (χ4n) is 2.67. The van der Waals surface area contributed by atoms with Crippen LogP contribution in [0, 0.1) is 17.2 Å². The van der Waals surface area contributed by atoms with Crippen LogP contribution in [0.15, 0.2) is 59.5 Å². The molecule has 0 spiro atoms. The third-order valence-corrected chi connectivity index (χ3v) is 6.27. The van der Waals surface area contributed by atoms with Gasteiger partial charge in [-0.1, -0.05) is 41.9 Å². The zero-order valence-electron chi connectivity index (χ0n) is 11.0. The van der Waals surface area contributed by atoms with Crippen molar-refractivity contribution in [1.82, 2.24) is 0 Å². The molecule has 3 rings (SSSR count). The summed E-state index contributed by atoms with van der Waals surface area (Å²) in [4.78, 5) is 0.270. The molecular formula is C16H12ClNO2S. The molecule has 21 heavy (non-hydrogen) atoms. The van der Waals surface area contributed by atoms with Crippen LogP contribution in [0.1, 0.15) is 11.5 Å². The summed E-state index contributed by atoms with van der Waals surface area (Å²) in [5, 5.41) is 9.15. The van der Waals surface area contributed by atoms with Gasteiger partial charge in [-0.05, 0) is 29.8 Å². The second-order valence-corrected chi connectivity index (χ2v) is 7.60. The quantitative estimate of drug-likeness (QED) is 0.871. The molecule has 0 unspecified atom stereocenters. The number of rotatable bonds is 3. The van der Waals surface area contributed by atoms with Crippen LogP contribution in [-0.2, 0) is 9.84 Å². The average Bonchev–Trinajstić information content (AvgIpc) is 3.24. The number of sulfone groups is 1. The molecule has 0 radical (unpaired) electrons. The third-order valence-electron chi connectivity index (χ3n) is 3.79. The molecule has 0 heterocycles. The Morgan fingerprint density at radius 2 is 1.62 bits per heavy atom. The van der Waals surface area contributed by atoms with E-state index >= 15 is 0 Å². The van der Waals surface area contributed by atoms with Crippen molar-refractivity contribution in [2.45, 2.75) is 16.1 Å². The molecule has 0 N–H and O–H groups in total. The number of hydrogen-bond donors (Lipinski definition) is 0. The van der Waals surface area contributed by atoms with Gasteiger partial charge in [0, 0.05) is 10.9 Å². The van der Waals surface area contributed by atoms with Gasteiger partial charge in [-0.25, -0.2) is 8.42 Å². The smallest absolute Gasteiger partial charge is 0.183 e. The topological polar surface area (TPSA) is 57.9 Å². The van der Waals surface area contributed by atoms with Gasteiger partial charge < -0.3 is 0 Å². The zero-order chi connectivity index (χ0) is 15.0. The van der Waals surface area contributed by atoms with E-state index in [0.717, 1.165) is 5.56 Å². The van der Waals surface area contributed by atoms with E-state index in [1.165, 1.54) is 0 Å². The minimum atomic E-state index is -3.49. The van der Waals surface area contributed by atoms with E-state index in [9.17, 15) is 13.7 Å². The summed E-state index contributed by atoms with van der Waals surface area (Å²) in [5.74, 6) is -0.783. The molecule has 0 saturated heterocycles. The van der Waals surface area contributed by atoms with E-state index in [1.54, 1.807) is 54.6 Å². The first-order valence-electron chi connectivity index (χ1n) is 6.50. The molecule has 1 aliphatic carbocycles. The van der Waals surface area contributed by atoms with Gasteiger partial charge in [0.05, 0.1) is 22.1 Å². The summed E-state index contributed by atoms with van der Waals surface area (Å²) in [6.07, 6.45) is 0. The second-order valence-electron chi connectivity index (χ2n) is 5.05. The molecule has 0 aliphatic heterocycles. The van der Waals surface area contributed by atoms with Gasteiger partial charge in [-0.2, -0.15) is 5.26 Å². The van der Waals surface area contributed by atoms with Crippen LogP contribution in [0.3, 0.4) is 0 Å². The number of benzene rings is 2. The van der Waals surface area contributed by atoms with Crippen LogP contribution in [0.25, 0.3) is 0 Å². The van der Waals surface area contributed by atoms with Crippen molar-refractivity contribution < 1.29 is 8.42 Å². The van der Waals surface area contributed by atoms with E-state index in [2.05, 4.69) is 6.07 Å². The van der Waals surface area contributed by atoms with E-state index in [0.29, 0.717) is 5.02 Å². The summed E-state index contributed by atoms with van der Waals surface area (Å²) in [6.45, 7) is 0. The van der Waals surface area contributed by atoms with Crippen LogP contribution in [0.4, 0.5) is 0 Å². The van der Waals surface area contributed by atoms with Crippen molar-refractivity contribution in [2.75, 3.05) is 0 Å². The van der Waals surface area contributed by atoms with Crippen LogP contribution in [-0.4, -0.2) is 13.7 Å². The van der Waals surface area contributed by atoms with Gasteiger partial charge in [0.2, 0.25) is 0 Å². The second kappa shape index (κ2) is 5.18. The van der Waals surface area contributed by atoms with Crippen molar-refractivity contribution >= 4 is 21.4 Å². The first-order valence-corrected chi connectivity index (χ1v) is 8.42. The highest BCUT2D eigenvalue weighted by molar-refractivity contribution is 7.92. The van der Waals surface area contributed by atoms with Crippen LogP contribution >= 0.6 is 11.6 Å². The average molecular weight is 318 g/mol. The molecule has 1 saturated carbocycles. The van der Waals surface area contributed by atoms with Gasteiger partial charge in [0.15, 0.2) is 9.84 Å². The molecule has 2 aromatic carbocycles. The minimum absolute atomic E-state index is 0.270. The van der Waals surface area contributed by atoms with Crippen LogP contribution < -0.4 is 0 Å². The number of halogens is 1. The van der Waals surface area contributed by atoms with Crippen molar-refractivity contribution in [1.29, 1.82) is 5.26 Å². The Balaban J connectivity index is 1.96. The first kappa shape index (κ1) is 14.1.